The summed E-state index contributed by atoms with van der Waals surface area (Å²) in [4.78, 5) is 11.9. The van der Waals surface area contributed by atoms with Crippen molar-refractivity contribution >= 4 is 51.6 Å². The molecule has 0 bridgehead atoms. The van der Waals surface area contributed by atoms with Gasteiger partial charge in [0.1, 0.15) is 0 Å². The van der Waals surface area contributed by atoms with Crippen molar-refractivity contribution in [3.8, 4) is 0 Å². The lowest BCUT2D eigenvalue weighted by molar-refractivity contribution is 0.262. The van der Waals surface area contributed by atoms with Gasteiger partial charge in [0.05, 0.1) is 10.7 Å². The number of carbonyl (C=O) groups is 1. The molecule has 3 nitrogen and oxygen atoms in total. The Balaban J connectivity index is 2.07. The summed E-state index contributed by atoms with van der Waals surface area (Å²) in [5.41, 5.74) is 2.38. The van der Waals surface area contributed by atoms with Crippen LogP contribution in [0.2, 0.25) is 5.02 Å². The third kappa shape index (κ3) is 4.11. The van der Waals surface area contributed by atoms with Crippen LogP contribution >= 0.6 is 34.2 Å². The number of halogens is 2. The number of urea groups is 1. The normalized spacial score (nSPS) is 10.1. The first kappa shape index (κ1) is 14.1. The Kier molecular flexibility index (Phi) is 4.66. The second-order valence-electron chi connectivity index (χ2n) is 4.07. The van der Waals surface area contributed by atoms with E-state index in [1.807, 2.05) is 43.3 Å². The quantitative estimate of drug-likeness (QED) is 0.708. The second-order valence-corrected chi connectivity index (χ2v) is 5.73. The molecule has 0 aliphatic carbocycles. The van der Waals surface area contributed by atoms with Crippen molar-refractivity contribution in [2.75, 3.05) is 10.6 Å². The molecule has 0 unspecified atom stereocenters. The van der Waals surface area contributed by atoms with Crippen LogP contribution in [0.15, 0.2) is 42.5 Å². The predicted molar refractivity (Wildman–Crippen MR) is 88.0 cm³/mol. The Bertz CT molecular complexity index is 616. The first-order valence-electron chi connectivity index (χ1n) is 5.64. The Hall–Kier alpha value is -1.27. The molecule has 2 aromatic carbocycles. The fraction of sp³-hybridized carbons (Fsp3) is 0.0714. The van der Waals surface area contributed by atoms with Crippen LogP contribution in [0.1, 0.15) is 5.56 Å². The van der Waals surface area contributed by atoms with E-state index in [0.29, 0.717) is 10.7 Å². The third-order valence-electron chi connectivity index (χ3n) is 2.45. The van der Waals surface area contributed by atoms with E-state index < -0.39 is 0 Å². The molecule has 0 aromatic heterocycles. The molecule has 2 rings (SSSR count). The molecule has 0 fully saturated rings. The summed E-state index contributed by atoms with van der Waals surface area (Å²) < 4.78 is 1.06. The average molecular weight is 387 g/mol. The van der Waals surface area contributed by atoms with Gasteiger partial charge in [-0.15, -0.1) is 0 Å². The summed E-state index contributed by atoms with van der Waals surface area (Å²) in [7, 11) is 0. The zero-order valence-electron chi connectivity index (χ0n) is 10.2. The minimum atomic E-state index is -0.311. The highest BCUT2D eigenvalue weighted by molar-refractivity contribution is 14.1. The number of aryl methyl sites for hydroxylation is 1. The van der Waals surface area contributed by atoms with Crippen LogP contribution in [-0.2, 0) is 0 Å². The van der Waals surface area contributed by atoms with E-state index in [4.69, 9.17) is 11.6 Å². The zero-order valence-corrected chi connectivity index (χ0v) is 13.1. The van der Waals surface area contributed by atoms with E-state index in [1.54, 1.807) is 6.07 Å². The van der Waals surface area contributed by atoms with Crippen molar-refractivity contribution in [1.29, 1.82) is 0 Å². The SMILES string of the molecule is Cc1ccc(Cl)c(NC(=O)Nc2cccc(I)c2)c1. The van der Waals surface area contributed by atoms with Gasteiger partial charge < -0.3 is 10.6 Å². The molecule has 0 aliphatic rings. The summed E-state index contributed by atoms with van der Waals surface area (Å²) in [5, 5.41) is 6.02. The summed E-state index contributed by atoms with van der Waals surface area (Å²) >= 11 is 8.22. The number of nitrogens with one attached hydrogen (secondary N) is 2. The largest absolute Gasteiger partial charge is 0.323 e. The van der Waals surface area contributed by atoms with Crippen molar-refractivity contribution in [3.05, 3.63) is 56.6 Å². The fourth-order valence-electron chi connectivity index (χ4n) is 1.59. The van der Waals surface area contributed by atoms with Crippen molar-refractivity contribution in [1.82, 2.24) is 0 Å². The Morgan fingerprint density at radius 1 is 1.16 bits per heavy atom. The van der Waals surface area contributed by atoms with E-state index in [0.717, 1.165) is 14.8 Å². The Morgan fingerprint density at radius 3 is 2.68 bits per heavy atom. The standard InChI is InChI=1S/C14H12ClIN2O/c1-9-5-6-12(15)13(7-9)18-14(19)17-11-4-2-3-10(16)8-11/h2-8H,1H3,(H2,17,18,19). The molecule has 0 spiro atoms. The van der Waals surface area contributed by atoms with Gasteiger partial charge in [0.25, 0.3) is 0 Å². The van der Waals surface area contributed by atoms with Gasteiger partial charge in [0.2, 0.25) is 0 Å². The predicted octanol–water partition coefficient (Wildman–Crippen LogP) is 4.90. The molecule has 2 amide bonds. The van der Waals surface area contributed by atoms with Gasteiger partial charge in [-0.3, -0.25) is 0 Å². The average Bonchev–Trinajstić information content (AvgIpc) is 2.34. The van der Waals surface area contributed by atoms with E-state index in [2.05, 4.69) is 33.2 Å². The fourth-order valence-corrected chi connectivity index (χ4v) is 2.29. The van der Waals surface area contributed by atoms with E-state index in [9.17, 15) is 4.79 Å². The van der Waals surface area contributed by atoms with Gasteiger partial charge in [-0.2, -0.15) is 0 Å². The minimum absolute atomic E-state index is 0.311. The molecule has 0 heterocycles. The maximum Gasteiger partial charge on any atom is 0.323 e. The Morgan fingerprint density at radius 2 is 1.95 bits per heavy atom. The van der Waals surface area contributed by atoms with Crippen molar-refractivity contribution < 1.29 is 4.79 Å². The van der Waals surface area contributed by atoms with Gasteiger partial charge in [-0.25, -0.2) is 4.79 Å². The molecule has 0 saturated carbocycles. The topological polar surface area (TPSA) is 41.1 Å². The number of anilines is 2. The molecular weight excluding hydrogens is 375 g/mol. The molecule has 0 atom stereocenters. The van der Waals surface area contributed by atoms with Crippen LogP contribution in [0.4, 0.5) is 16.2 Å². The lowest BCUT2D eigenvalue weighted by Crippen LogP contribution is -2.19. The maximum absolute atomic E-state index is 11.9. The maximum atomic E-state index is 11.9. The molecule has 19 heavy (non-hydrogen) atoms. The number of hydrogen-bond donors (Lipinski definition) is 2. The number of benzene rings is 2. The van der Waals surface area contributed by atoms with Crippen LogP contribution in [0.5, 0.6) is 0 Å². The van der Waals surface area contributed by atoms with Crippen LogP contribution in [0.3, 0.4) is 0 Å². The summed E-state index contributed by atoms with van der Waals surface area (Å²) in [5.74, 6) is 0. The van der Waals surface area contributed by atoms with Crippen molar-refractivity contribution in [2.45, 2.75) is 6.92 Å². The highest BCUT2D eigenvalue weighted by atomic mass is 127. The van der Waals surface area contributed by atoms with Gasteiger partial charge >= 0.3 is 6.03 Å². The number of carbonyl (C=O) groups excluding carboxylic acids is 1. The van der Waals surface area contributed by atoms with E-state index >= 15 is 0 Å². The van der Waals surface area contributed by atoms with E-state index in [1.165, 1.54) is 0 Å². The monoisotopic (exact) mass is 386 g/mol. The number of rotatable bonds is 2. The smallest absolute Gasteiger partial charge is 0.308 e. The highest BCUT2D eigenvalue weighted by Crippen LogP contribution is 2.23. The van der Waals surface area contributed by atoms with Gasteiger partial charge in [-0.1, -0.05) is 23.7 Å². The first-order valence-corrected chi connectivity index (χ1v) is 7.10. The van der Waals surface area contributed by atoms with Crippen molar-refractivity contribution in [3.63, 3.8) is 0 Å². The zero-order chi connectivity index (χ0) is 13.8. The molecule has 2 N–H and O–H groups in total. The first-order chi connectivity index (χ1) is 9.04. The molecule has 2 aromatic rings. The van der Waals surface area contributed by atoms with Crippen LogP contribution in [0, 0.1) is 10.5 Å². The summed E-state index contributed by atoms with van der Waals surface area (Å²) in [6, 6.07) is 12.7. The van der Waals surface area contributed by atoms with Crippen LogP contribution in [0.25, 0.3) is 0 Å². The van der Waals surface area contributed by atoms with Crippen LogP contribution in [-0.4, -0.2) is 6.03 Å². The van der Waals surface area contributed by atoms with Gasteiger partial charge in [0.15, 0.2) is 0 Å². The third-order valence-corrected chi connectivity index (χ3v) is 3.45. The summed E-state index contributed by atoms with van der Waals surface area (Å²) in [6.07, 6.45) is 0. The molecular formula is C14H12ClIN2O. The molecule has 98 valence electrons. The molecule has 0 saturated heterocycles. The van der Waals surface area contributed by atoms with Gasteiger partial charge in [0, 0.05) is 9.26 Å². The number of amides is 2. The van der Waals surface area contributed by atoms with E-state index in [-0.39, 0.29) is 6.03 Å². The molecule has 0 aliphatic heterocycles. The summed E-state index contributed by atoms with van der Waals surface area (Å²) in [6.45, 7) is 1.94. The highest BCUT2D eigenvalue weighted by Gasteiger charge is 2.06. The minimum Gasteiger partial charge on any atom is -0.308 e. The lowest BCUT2D eigenvalue weighted by Gasteiger charge is -2.10. The molecule has 0 radical (unpaired) electrons. The number of hydrogen-bond acceptors (Lipinski definition) is 1. The second kappa shape index (κ2) is 6.25. The molecule has 5 heteroatoms. The van der Waals surface area contributed by atoms with Gasteiger partial charge in [-0.05, 0) is 65.4 Å². The van der Waals surface area contributed by atoms with Crippen molar-refractivity contribution in [2.24, 2.45) is 0 Å². The van der Waals surface area contributed by atoms with Crippen LogP contribution < -0.4 is 10.6 Å². The lowest BCUT2D eigenvalue weighted by atomic mass is 10.2. The Labute approximate surface area is 130 Å².